The molecule has 2 bridgehead atoms. The normalized spacial score (nSPS) is 33.6. The first-order valence-electron chi connectivity index (χ1n) is 5.94. The second-order valence-corrected chi connectivity index (χ2v) is 5.77. The zero-order valence-electron chi connectivity index (χ0n) is 9.54. The fourth-order valence-electron chi connectivity index (χ4n) is 3.42. The van der Waals surface area contributed by atoms with Crippen LogP contribution in [0.25, 0.3) is 0 Å². The van der Waals surface area contributed by atoms with Crippen molar-refractivity contribution < 1.29 is 14.7 Å². The zero-order chi connectivity index (χ0) is 12.7. The van der Waals surface area contributed by atoms with Gasteiger partial charge in [-0.2, -0.15) is 0 Å². The number of carbonyl (C=O) groups is 2. The molecule has 2 aliphatic carbocycles. The van der Waals surface area contributed by atoms with Crippen molar-refractivity contribution in [1.29, 1.82) is 0 Å². The molecule has 18 heavy (non-hydrogen) atoms. The highest BCUT2D eigenvalue weighted by Crippen LogP contribution is 2.52. The first-order valence-corrected chi connectivity index (χ1v) is 6.82. The van der Waals surface area contributed by atoms with E-state index in [9.17, 15) is 14.7 Å². The predicted molar refractivity (Wildman–Crippen MR) is 61.4 cm³/mol. The smallest absolute Gasteiger partial charge is 0.230 e. The average Bonchev–Trinajstić information content (AvgIpc) is 3.03. The van der Waals surface area contributed by atoms with Crippen LogP contribution >= 0.6 is 11.3 Å². The summed E-state index contributed by atoms with van der Waals surface area (Å²) in [5.74, 6) is -2.20. The van der Waals surface area contributed by atoms with Gasteiger partial charge in [0.2, 0.25) is 11.0 Å². The van der Waals surface area contributed by atoms with Gasteiger partial charge in [0.05, 0.1) is 0 Å². The van der Waals surface area contributed by atoms with Crippen LogP contribution in [0.1, 0.15) is 19.3 Å². The minimum atomic E-state index is -1.10. The predicted octanol–water partition coefficient (Wildman–Crippen LogP) is -0.111. The van der Waals surface area contributed by atoms with Gasteiger partial charge >= 0.3 is 0 Å². The van der Waals surface area contributed by atoms with Gasteiger partial charge in [-0.25, -0.2) is 0 Å². The first kappa shape index (κ1) is 11.6. The van der Waals surface area contributed by atoms with Crippen molar-refractivity contribution in [2.75, 3.05) is 5.32 Å². The van der Waals surface area contributed by atoms with Crippen LogP contribution in [0.2, 0.25) is 0 Å². The second-order valence-electron chi connectivity index (χ2n) is 4.94. The number of carbonyl (C=O) groups excluding carboxylic acids is 2. The number of carboxylic acids is 1. The molecule has 1 amide bonds. The van der Waals surface area contributed by atoms with E-state index in [1.54, 1.807) is 0 Å². The molecule has 0 unspecified atom stereocenters. The highest BCUT2D eigenvalue weighted by atomic mass is 32.1. The Kier molecular flexibility index (Phi) is 2.77. The van der Waals surface area contributed by atoms with Crippen molar-refractivity contribution >= 4 is 28.3 Å². The molecule has 2 saturated carbocycles. The van der Waals surface area contributed by atoms with Crippen LogP contribution in [0.4, 0.5) is 5.13 Å². The molecule has 0 aromatic carbocycles. The molecule has 1 aromatic heterocycles. The summed E-state index contributed by atoms with van der Waals surface area (Å²) in [6.45, 7) is 0. The molecule has 1 N–H and O–H groups in total. The third kappa shape index (κ3) is 1.78. The maximum Gasteiger partial charge on any atom is 0.230 e. The summed E-state index contributed by atoms with van der Waals surface area (Å²) in [5.41, 5.74) is 1.52. The molecule has 7 heteroatoms. The monoisotopic (exact) mass is 266 g/mol. The van der Waals surface area contributed by atoms with Crippen LogP contribution in [0.3, 0.4) is 0 Å². The van der Waals surface area contributed by atoms with Crippen molar-refractivity contribution in [2.24, 2.45) is 23.7 Å². The Hall–Kier alpha value is -1.50. The van der Waals surface area contributed by atoms with Gasteiger partial charge in [-0.3, -0.25) is 4.79 Å². The molecule has 2 fully saturated rings. The number of hydrogen-bond acceptors (Lipinski definition) is 6. The number of nitrogens with one attached hydrogen (secondary N) is 1. The molecular formula is C11H12N3O3S-. The van der Waals surface area contributed by atoms with E-state index in [4.69, 9.17) is 0 Å². The summed E-state index contributed by atoms with van der Waals surface area (Å²) in [7, 11) is 0. The second kappa shape index (κ2) is 4.31. The topological polar surface area (TPSA) is 95.0 Å². The van der Waals surface area contributed by atoms with Crippen molar-refractivity contribution in [3.8, 4) is 0 Å². The standard InChI is InChI=1S/C11H13N3O3S/c15-9(13-11-14-12-4-18-11)7-5-1-2-6(3-5)8(7)10(16)17/h4-8H,1-3H2,(H,16,17)(H,13,14,15)/p-1/t5-,6-,7+,8-/m0/s1. The van der Waals surface area contributed by atoms with E-state index in [-0.39, 0.29) is 17.7 Å². The van der Waals surface area contributed by atoms with Crippen LogP contribution in [0, 0.1) is 23.7 Å². The number of amides is 1. The third-order valence-corrected chi connectivity index (χ3v) is 4.69. The summed E-state index contributed by atoms with van der Waals surface area (Å²) in [6, 6.07) is 0. The Morgan fingerprint density at radius 2 is 2.06 bits per heavy atom. The molecule has 1 heterocycles. The number of hydrogen-bond donors (Lipinski definition) is 1. The van der Waals surface area contributed by atoms with Crippen molar-refractivity contribution in [1.82, 2.24) is 10.2 Å². The van der Waals surface area contributed by atoms with E-state index in [1.807, 2.05) is 0 Å². The maximum absolute atomic E-state index is 12.2. The lowest BCUT2D eigenvalue weighted by atomic mass is 9.79. The van der Waals surface area contributed by atoms with Gasteiger partial charge in [0.25, 0.3) is 0 Å². The molecule has 1 aromatic rings. The zero-order valence-corrected chi connectivity index (χ0v) is 10.4. The Balaban J connectivity index is 1.78. The van der Waals surface area contributed by atoms with E-state index in [0.29, 0.717) is 5.13 Å². The SMILES string of the molecule is O=C(Nc1nncs1)[C@@H]1[C@H]2CC[C@@H](C2)[C@@H]1C(=O)[O-]. The Morgan fingerprint density at radius 3 is 2.67 bits per heavy atom. The highest BCUT2D eigenvalue weighted by Gasteiger charge is 2.51. The summed E-state index contributed by atoms with van der Waals surface area (Å²) >= 11 is 1.22. The molecule has 0 spiro atoms. The van der Waals surface area contributed by atoms with Gasteiger partial charge in [-0.15, -0.1) is 10.2 Å². The van der Waals surface area contributed by atoms with Crippen LogP contribution in [0.15, 0.2) is 5.51 Å². The number of rotatable bonds is 3. The van der Waals surface area contributed by atoms with Crippen LogP contribution in [-0.4, -0.2) is 22.1 Å². The molecule has 0 saturated heterocycles. The molecular weight excluding hydrogens is 254 g/mol. The minimum Gasteiger partial charge on any atom is -0.550 e. The summed E-state index contributed by atoms with van der Waals surface area (Å²) in [5, 5.41) is 21.6. The Labute approximate surface area is 107 Å². The van der Waals surface area contributed by atoms with Gasteiger partial charge in [0.15, 0.2) is 0 Å². The summed E-state index contributed by atoms with van der Waals surface area (Å²) in [6.07, 6.45) is 2.65. The maximum atomic E-state index is 12.2. The molecule has 3 rings (SSSR count). The summed E-state index contributed by atoms with van der Waals surface area (Å²) < 4.78 is 0. The summed E-state index contributed by atoms with van der Waals surface area (Å²) in [4.78, 5) is 23.3. The van der Waals surface area contributed by atoms with E-state index >= 15 is 0 Å². The van der Waals surface area contributed by atoms with Crippen molar-refractivity contribution in [3.63, 3.8) is 0 Å². The quantitative estimate of drug-likeness (QED) is 0.823. The number of anilines is 1. The number of carboxylic acid groups (broad SMARTS) is 1. The number of aromatic nitrogens is 2. The lowest BCUT2D eigenvalue weighted by Gasteiger charge is -2.30. The van der Waals surface area contributed by atoms with Crippen LogP contribution < -0.4 is 10.4 Å². The van der Waals surface area contributed by atoms with Gasteiger partial charge in [-0.1, -0.05) is 11.3 Å². The average molecular weight is 266 g/mol. The molecule has 4 atom stereocenters. The Morgan fingerprint density at radius 1 is 1.33 bits per heavy atom. The minimum absolute atomic E-state index is 0.102. The van der Waals surface area contributed by atoms with Crippen molar-refractivity contribution in [2.45, 2.75) is 19.3 Å². The van der Waals surface area contributed by atoms with Gasteiger partial charge in [-0.05, 0) is 31.1 Å². The van der Waals surface area contributed by atoms with Gasteiger partial charge < -0.3 is 15.2 Å². The Bertz CT molecular complexity index is 476. The third-order valence-electron chi connectivity index (χ3n) is 4.08. The number of nitrogens with zero attached hydrogens (tertiary/aromatic N) is 2. The fraction of sp³-hybridized carbons (Fsp3) is 0.636. The van der Waals surface area contributed by atoms with Crippen LogP contribution in [-0.2, 0) is 9.59 Å². The fourth-order valence-corrected chi connectivity index (χ4v) is 3.87. The number of fused-ring (bicyclic) bond motifs is 2. The van der Waals surface area contributed by atoms with Crippen molar-refractivity contribution in [3.05, 3.63) is 5.51 Å². The first-order chi connectivity index (χ1) is 8.66. The molecule has 6 nitrogen and oxygen atoms in total. The molecule has 2 aliphatic rings. The number of aliphatic carboxylic acids is 1. The van der Waals surface area contributed by atoms with Gasteiger partial charge in [0, 0.05) is 17.8 Å². The lowest BCUT2D eigenvalue weighted by molar-refractivity contribution is -0.314. The molecule has 0 radical (unpaired) electrons. The van der Waals surface area contributed by atoms with E-state index in [0.717, 1.165) is 19.3 Å². The highest BCUT2D eigenvalue weighted by molar-refractivity contribution is 7.13. The van der Waals surface area contributed by atoms with Gasteiger partial charge in [0.1, 0.15) is 5.51 Å². The molecule has 0 aliphatic heterocycles. The van der Waals surface area contributed by atoms with Crippen LogP contribution in [0.5, 0.6) is 0 Å². The van der Waals surface area contributed by atoms with E-state index in [1.165, 1.54) is 16.8 Å². The lowest BCUT2D eigenvalue weighted by Crippen LogP contribution is -2.43. The largest absolute Gasteiger partial charge is 0.550 e. The van der Waals surface area contributed by atoms with E-state index < -0.39 is 17.8 Å². The molecule has 96 valence electrons. The van der Waals surface area contributed by atoms with E-state index in [2.05, 4.69) is 15.5 Å².